The second kappa shape index (κ2) is 4.72. The van der Waals surface area contributed by atoms with Crippen LogP contribution in [0.25, 0.3) is 0 Å². The fraction of sp³-hybridized carbons (Fsp3) is 0.455. The summed E-state index contributed by atoms with van der Waals surface area (Å²) in [6.45, 7) is 3.70. The number of hydrogen-bond acceptors (Lipinski definition) is 3. The number of piperazine rings is 1. The Labute approximate surface area is 100 Å². The molecule has 1 fully saturated rings. The van der Waals surface area contributed by atoms with E-state index in [2.05, 4.69) is 5.32 Å². The molecule has 6 heteroatoms. The molecule has 4 nitrogen and oxygen atoms in total. The summed E-state index contributed by atoms with van der Waals surface area (Å²) in [7, 11) is -3.69. The highest BCUT2D eigenvalue weighted by molar-refractivity contribution is 7.89. The van der Waals surface area contributed by atoms with Gasteiger partial charge in [-0.05, 0) is 24.6 Å². The van der Waals surface area contributed by atoms with Gasteiger partial charge in [0.05, 0.1) is 0 Å². The Morgan fingerprint density at radius 3 is 2.53 bits per heavy atom. The lowest BCUT2D eigenvalue weighted by Crippen LogP contribution is -2.46. The summed E-state index contributed by atoms with van der Waals surface area (Å²) in [5, 5.41) is 3.06. The predicted octanol–water partition coefficient (Wildman–Crippen LogP) is 0.728. The van der Waals surface area contributed by atoms with Crippen LogP contribution in [0.1, 0.15) is 5.56 Å². The number of rotatable bonds is 2. The minimum absolute atomic E-state index is 0.231. The molecule has 1 saturated heterocycles. The first-order valence-corrected chi connectivity index (χ1v) is 6.93. The largest absolute Gasteiger partial charge is 0.314 e. The van der Waals surface area contributed by atoms with Crippen molar-refractivity contribution >= 4 is 10.0 Å². The lowest BCUT2D eigenvalue weighted by Gasteiger charge is -2.26. The minimum Gasteiger partial charge on any atom is -0.314 e. The summed E-state index contributed by atoms with van der Waals surface area (Å²) in [5.41, 5.74) is 0.710. The molecule has 0 unspecified atom stereocenters. The van der Waals surface area contributed by atoms with Crippen molar-refractivity contribution in [1.29, 1.82) is 0 Å². The highest BCUT2D eigenvalue weighted by Crippen LogP contribution is 2.20. The van der Waals surface area contributed by atoms with E-state index >= 15 is 0 Å². The van der Waals surface area contributed by atoms with Gasteiger partial charge in [0.1, 0.15) is 10.7 Å². The molecule has 0 bridgehead atoms. The lowest BCUT2D eigenvalue weighted by atomic mass is 10.2. The molecule has 1 N–H and O–H groups in total. The van der Waals surface area contributed by atoms with Crippen LogP contribution >= 0.6 is 0 Å². The number of halogens is 1. The molecule has 1 heterocycles. The van der Waals surface area contributed by atoms with E-state index in [1.54, 1.807) is 13.0 Å². The first kappa shape index (κ1) is 12.5. The third-order valence-corrected chi connectivity index (χ3v) is 4.71. The Balaban J connectivity index is 2.37. The van der Waals surface area contributed by atoms with Gasteiger partial charge in [-0.15, -0.1) is 0 Å². The van der Waals surface area contributed by atoms with Gasteiger partial charge >= 0.3 is 0 Å². The van der Waals surface area contributed by atoms with E-state index in [0.29, 0.717) is 31.7 Å². The Kier molecular flexibility index (Phi) is 3.46. The van der Waals surface area contributed by atoms with E-state index < -0.39 is 15.8 Å². The fourth-order valence-electron chi connectivity index (χ4n) is 1.84. The minimum atomic E-state index is -3.69. The molecule has 0 saturated carbocycles. The van der Waals surface area contributed by atoms with Gasteiger partial charge in [-0.3, -0.25) is 0 Å². The number of aryl methyl sites for hydroxylation is 1. The number of hydrogen-bond donors (Lipinski definition) is 1. The highest BCUT2D eigenvalue weighted by atomic mass is 32.2. The van der Waals surface area contributed by atoms with Gasteiger partial charge < -0.3 is 5.32 Å². The predicted molar refractivity (Wildman–Crippen MR) is 62.8 cm³/mol. The number of nitrogens with one attached hydrogen (secondary N) is 1. The van der Waals surface area contributed by atoms with Gasteiger partial charge in [-0.2, -0.15) is 4.31 Å². The van der Waals surface area contributed by atoms with Gasteiger partial charge in [0, 0.05) is 26.2 Å². The summed E-state index contributed by atoms with van der Waals surface area (Å²) in [4.78, 5) is -0.231. The van der Waals surface area contributed by atoms with Gasteiger partial charge in [0.2, 0.25) is 10.0 Å². The lowest BCUT2D eigenvalue weighted by molar-refractivity contribution is 0.358. The zero-order chi connectivity index (χ0) is 12.5. The maximum atomic E-state index is 13.7. The van der Waals surface area contributed by atoms with Gasteiger partial charge in [-0.1, -0.05) is 6.07 Å². The molecule has 17 heavy (non-hydrogen) atoms. The van der Waals surface area contributed by atoms with Crippen molar-refractivity contribution in [3.05, 3.63) is 29.6 Å². The maximum Gasteiger partial charge on any atom is 0.246 e. The van der Waals surface area contributed by atoms with Crippen molar-refractivity contribution in [3.63, 3.8) is 0 Å². The van der Waals surface area contributed by atoms with Crippen LogP contribution in [0.4, 0.5) is 4.39 Å². The number of sulfonamides is 1. The molecule has 0 atom stereocenters. The van der Waals surface area contributed by atoms with Crippen LogP contribution in [0.15, 0.2) is 23.1 Å². The summed E-state index contributed by atoms with van der Waals surface area (Å²) < 4.78 is 39.4. The molecule has 0 aromatic heterocycles. The van der Waals surface area contributed by atoms with Crippen LogP contribution < -0.4 is 5.32 Å². The summed E-state index contributed by atoms with van der Waals surface area (Å²) in [5.74, 6) is -0.677. The van der Waals surface area contributed by atoms with Crippen molar-refractivity contribution in [2.45, 2.75) is 11.8 Å². The Bertz CT molecular complexity index is 510. The second-order valence-electron chi connectivity index (χ2n) is 4.09. The quantitative estimate of drug-likeness (QED) is 0.850. The average Bonchev–Trinajstić information content (AvgIpc) is 2.29. The third-order valence-electron chi connectivity index (χ3n) is 2.78. The molecule has 2 rings (SSSR count). The molecule has 0 spiro atoms. The first-order valence-electron chi connectivity index (χ1n) is 5.49. The average molecular weight is 258 g/mol. The van der Waals surface area contributed by atoms with E-state index in [4.69, 9.17) is 0 Å². The monoisotopic (exact) mass is 258 g/mol. The van der Waals surface area contributed by atoms with Crippen LogP contribution in [0.5, 0.6) is 0 Å². The van der Waals surface area contributed by atoms with Crippen LogP contribution in [0.2, 0.25) is 0 Å². The van der Waals surface area contributed by atoms with Crippen LogP contribution in [0, 0.1) is 12.7 Å². The highest BCUT2D eigenvalue weighted by Gasteiger charge is 2.28. The van der Waals surface area contributed by atoms with E-state index in [0.717, 1.165) is 0 Å². The van der Waals surface area contributed by atoms with Crippen LogP contribution in [-0.4, -0.2) is 38.9 Å². The van der Waals surface area contributed by atoms with Crippen molar-refractivity contribution in [3.8, 4) is 0 Å². The van der Waals surface area contributed by atoms with E-state index in [-0.39, 0.29) is 4.90 Å². The molecule has 0 aliphatic carbocycles. The van der Waals surface area contributed by atoms with E-state index in [1.807, 2.05) is 0 Å². The van der Waals surface area contributed by atoms with Gasteiger partial charge in [0.15, 0.2) is 0 Å². The summed E-state index contributed by atoms with van der Waals surface area (Å²) in [6.07, 6.45) is 0. The fourth-order valence-corrected chi connectivity index (χ4v) is 3.33. The van der Waals surface area contributed by atoms with Crippen molar-refractivity contribution < 1.29 is 12.8 Å². The Morgan fingerprint density at radius 1 is 1.29 bits per heavy atom. The van der Waals surface area contributed by atoms with E-state index in [9.17, 15) is 12.8 Å². The van der Waals surface area contributed by atoms with Gasteiger partial charge in [-0.25, -0.2) is 12.8 Å². The molecular weight excluding hydrogens is 243 g/mol. The number of nitrogens with zero attached hydrogens (tertiary/aromatic N) is 1. The second-order valence-corrected chi connectivity index (χ2v) is 5.99. The number of benzene rings is 1. The molecular formula is C11H15FN2O2S. The maximum absolute atomic E-state index is 13.7. The molecule has 1 aromatic carbocycles. The normalized spacial score (nSPS) is 18.2. The molecule has 1 aromatic rings. The van der Waals surface area contributed by atoms with Crippen molar-refractivity contribution in [2.24, 2.45) is 0 Å². The Hall–Kier alpha value is -0.980. The van der Waals surface area contributed by atoms with Crippen molar-refractivity contribution in [1.82, 2.24) is 9.62 Å². The summed E-state index contributed by atoms with van der Waals surface area (Å²) in [6, 6.07) is 4.19. The zero-order valence-electron chi connectivity index (χ0n) is 9.61. The first-order chi connectivity index (χ1) is 8.01. The van der Waals surface area contributed by atoms with Crippen LogP contribution in [0.3, 0.4) is 0 Å². The van der Waals surface area contributed by atoms with Gasteiger partial charge in [0.25, 0.3) is 0 Å². The molecule has 0 radical (unpaired) electrons. The SMILES string of the molecule is Cc1ccc(S(=O)(=O)N2CCNCC2)c(F)c1. The standard InChI is InChI=1S/C11H15FN2O2S/c1-9-2-3-11(10(12)8-9)17(15,16)14-6-4-13-5-7-14/h2-3,8,13H,4-7H2,1H3. The van der Waals surface area contributed by atoms with Crippen molar-refractivity contribution in [2.75, 3.05) is 26.2 Å². The van der Waals surface area contributed by atoms with Crippen LogP contribution in [-0.2, 0) is 10.0 Å². The summed E-state index contributed by atoms with van der Waals surface area (Å²) >= 11 is 0. The smallest absolute Gasteiger partial charge is 0.246 e. The Morgan fingerprint density at radius 2 is 1.94 bits per heavy atom. The molecule has 0 amide bonds. The topological polar surface area (TPSA) is 49.4 Å². The molecule has 94 valence electrons. The molecule has 1 aliphatic heterocycles. The van der Waals surface area contributed by atoms with E-state index in [1.165, 1.54) is 16.4 Å². The molecule has 1 aliphatic rings. The zero-order valence-corrected chi connectivity index (χ0v) is 10.4. The third kappa shape index (κ3) is 2.48.